The van der Waals surface area contributed by atoms with Gasteiger partial charge in [0, 0.05) is 50.2 Å². The van der Waals surface area contributed by atoms with E-state index >= 15 is 0 Å². The molecule has 29 heavy (non-hydrogen) atoms. The van der Waals surface area contributed by atoms with Crippen LogP contribution in [-0.4, -0.2) is 50.0 Å². The average molecular weight is 391 g/mol. The fraction of sp³-hybridized carbons (Fsp3) is 0.364. The third-order valence-corrected chi connectivity index (χ3v) is 5.23. The molecule has 7 heteroatoms. The Hall–Kier alpha value is -3.22. The van der Waals surface area contributed by atoms with Crippen molar-refractivity contribution in [3.8, 4) is 11.6 Å². The molecule has 4 rings (SSSR count). The van der Waals surface area contributed by atoms with Crippen LogP contribution in [0.25, 0.3) is 5.82 Å². The number of nitrogens with zero attached hydrogens (tertiary/aromatic N) is 5. The number of aromatic nitrogens is 4. The lowest BCUT2D eigenvalue weighted by atomic mass is 9.94. The van der Waals surface area contributed by atoms with Gasteiger partial charge in [0.1, 0.15) is 11.6 Å². The number of piperidine rings is 1. The molecule has 0 aliphatic carbocycles. The van der Waals surface area contributed by atoms with Gasteiger partial charge in [-0.05, 0) is 25.0 Å². The first-order chi connectivity index (χ1) is 14.3. The second-order valence-electron chi connectivity index (χ2n) is 7.11. The Morgan fingerprint density at radius 3 is 2.79 bits per heavy atom. The minimum atomic E-state index is 0.000807. The van der Waals surface area contributed by atoms with E-state index in [9.17, 15) is 4.79 Å². The van der Waals surface area contributed by atoms with Crippen LogP contribution < -0.4 is 4.74 Å². The molecule has 1 saturated heterocycles. The van der Waals surface area contributed by atoms with Gasteiger partial charge >= 0.3 is 0 Å². The summed E-state index contributed by atoms with van der Waals surface area (Å²) in [6, 6.07) is 9.43. The predicted octanol–water partition coefficient (Wildman–Crippen LogP) is 3.01. The van der Waals surface area contributed by atoms with Gasteiger partial charge in [-0.3, -0.25) is 14.3 Å². The number of likely N-dealkylation sites (tertiary alicyclic amines) is 1. The Kier molecular flexibility index (Phi) is 5.84. The van der Waals surface area contributed by atoms with E-state index < -0.39 is 0 Å². The van der Waals surface area contributed by atoms with Crippen LogP contribution in [0.3, 0.4) is 0 Å². The topological polar surface area (TPSA) is 73.1 Å². The zero-order valence-electron chi connectivity index (χ0n) is 16.6. The van der Waals surface area contributed by atoms with E-state index in [4.69, 9.17) is 4.74 Å². The van der Waals surface area contributed by atoms with Gasteiger partial charge in [-0.25, -0.2) is 9.97 Å². The van der Waals surface area contributed by atoms with Crippen LogP contribution in [0.15, 0.2) is 55.1 Å². The molecule has 1 aliphatic heterocycles. The highest BCUT2D eigenvalue weighted by molar-refractivity contribution is 5.78. The maximum absolute atomic E-state index is 12.7. The SMILES string of the molecule is CCc1nccn1-c1nccnc1C1CCCN(C(=O)COc2ccccc2)C1. The predicted molar refractivity (Wildman–Crippen MR) is 109 cm³/mol. The van der Waals surface area contributed by atoms with Crippen molar-refractivity contribution in [2.24, 2.45) is 0 Å². The van der Waals surface area contributed by atoms with Crippen LogP contribution in [-0.2, 0) is 11.2 Å². The summed E-state index contributed by atoms with van der Waals surface area (Å²) in [6.45, 7) is 3.49. The number of aryl methyl sites for hydroxylation is 1. The number of amides is 1. The number of imidazole rings is 1. The molecule has 1 aromatic carbocycles. The maximum Gasteiger partial charge on any atom is 0.260 e. The summed E-state index contributed by atoms with van der Waals surface area (Å²) in [5.74, 6) is 2.60. The number of hydrogen-bond donors (Lipinski definition) is 0. The number of ether oxygens (including phenoxy) is 1. The standard InChI is InChI=1S/C22H25N5O2/c1-2-19-23-12-14-27(19)22-21(24-10-11-25-22)17-7-6-13-26(15-17)20(28)16-29-18-8-4-3-5-9-18/h3-5,8-12,14,17H,2,6-7,13,15-16H2,1H3. The van der Waals surface area contributed by atoms with Crippen molar-refractivity contribution in [1.82, 2.24) is 24.4 Å². The lowest BCUT2D eigenvalue weighted by Crippen LogP contribution is -2.42. The average Bonchev–Trinajstić information content (AvgIpc) is 3.27. The monoisotopic (exact) mass is 391 g/mol. The van der Waals surface area contributed by atoms with Crippen LogP contribution in [0.5, 0.6) is 5.75 Å². The van der Waals surface area contributed by atoms with Crippen LogP contribution in [0.1, 0.15) is 37.2 Å². The van der Waals surface area contributed by atoms with Crippen molar-refractivity contribution in [1.29, 1.82) is 0 Å². The normalized spacial score (nSPS) is 16.6. The van der Waals surface area contributed by atoms with Gasteiger partial charge in [-0.1, -0.05) is 25.1 Å². The highest BCUT2D eigenvalue weighted by atomic mass is 16.5. The van der Waals surface area contributed by atoms with Crippen LogP contribution in [0, 0.1) is 0 Å². The smallest absolute Gasteiger partial charge is 0.260 e. The van der Waals surface area contributed by atoms with Gasteiger partial charge in [0.05, 0.1) is 5.69 Å². The van der Waals surface area contributed by atoms with Crippen LogP contribution in [0.2, 0.25) is 0 Å². The van der Waals surface area contributed by atoms with E-state index in [1.54, 1.807) is 18.6 Å². The number of rotatable bonds is 6. The fourth-order valence-electron chi connectivity index (χ4n) is 3.78. The summed E-state index contributed by atoms with van der Waals surface area (Å²) in [4.78, 5) is 28.2. The van der Waals surface area contributed by atoms with Crippen LogP contribution in [0.4, 0.5) is 0 Å². The zero-order valence-corrected chi connectivity index (χ0v) is 16.6. The van der Waals surface area contributed by atoms with Gasteiger partial charge in [0.2, 0.25) is 0 Å². The first kappa shape index (κ1) is 19.1. The molecule has 0 N–H and O–H groups in total. The van der Waals surface area contributed by atoms with Gasteiger partial charge in [0.25, 0.3) is 5.91 Å². The molecule has 0 saturated carbocycles. The number of hydrogen-bond acceptors (Lipinski definition) is 5. The second kappa shape index (κ2) is 8.86. The third kappa shape index (κ3) is 4.29. The lowest BCUT2D eigenvalue weighted by Gasteiger charge is -2.33. The van der Waals surface area contributed by atoms with Gasteiger partial charge in [-0.15, -0.1) is 0 Å². The van der Waals surface area contributed by atoms with Crippen LogP contribution >= 0.6 is 0 Å². The molecule has 150 valence electrons. The Morgan fingerprint density at radius 2 is 1.97 bits per heavy atom. The Bertz CT molecular complexity index is 957. The molecule has 1 atom stereocenters. The summed E-state index contributed by atoms with van der Waals surface area (Å²) in [6.07, 6.45) is 9.86. The third-order valence-electron chi connectivity index (χ3n) is 5.23. The van der Waals surface area contributed by atoms with Gasteiger partial charge in [-0.2, -0.15) is 0 Å². The summed E-state index contributed by atoms with van der Waals surface area (Å²) in [5.41, 5.74) is 0.918. The lowest BCUT2D eigenvalue weighted by molar-refractivity contribution is -0.134. The molecule has 0 radical (unpaired) electrons. The van der Waals surface area contributed by atoms with Crippen molar-refractivity contribution in [3.63, 3.8) is 0 Å². The highest BCUT2D eigenvalue weighted by Gasteiger charge is 2.28. The number of para-hydroxylation sites is 1. The molecule has 0 spiro atoms. The minimum Gasteiger partial charge on any atom is -0.484 e. The van der Waals surface area contributed by atoms with E-state index in [1.165, 1.54) is 0 Å². The molecule has 1 fully saturated rings. The summed E-state index contributed by atoms with van der Waals surface area (Å²) < 4.78 is 7.64. The molecule has 2 aromatic heterocycles. The molecule has 3 heterocycles. The maximum atomic E-state index is 12.7. The summed E-state index contributed by atoms with van der Waals surface area (Å²) in [5, 5.41) is 0. The minimum absolute atomic E-state index is 0.000807. The van der Waals surface area contributed by atoms with E-state index in [0.29, 0.717) is 12.3 Å². The van der Waals surface area contributed by atoms with Crippen molar-refractivity contribution in [3.05, 3.63) is 66.6 Å². The molecule has 1 amide bonds. The zero-order chi connectivity index (χ0) is 20.1. The Morgan fingerprint density at radius 1 is 1.14 bits per heavy atom. The molecule has 3 aromatic rings. The first-order valence-corrected chi connectivity index (χ1v) is 10.1. The molecule has 0 bridgehead atoms. The van der Waals surface area contributed by atoms with E-state index in [-0.39, 0.29) is 18.4 Å². The number of benzene rings is 1. The number of carbonyl (C=O) groups is 1. The van der Waals surface area contributed by atoms with E-state index in [1.807, 2.05) is 46.0 Å². The highest BCUT2D eigenvalue weighted by Crippen LogP contribution is 2.29. The fourth-order valence-corrected chi connectivity index (χ4v) is 3.78. The van der Waals surface area contributed by atoms with Gasteiger partial charge < -0.3 is 9.64 Å². The number of carbonyl (C=O) groups excluding carboxylic acids is 1. The quantitative estimate of drug-likeness (QED) is 0.646. The van der Waals surface area contributed by atoms with Crippen molar-refractivity contribution in [2.45, 2.75) is 32.1 Å². The molecular formula is C22H25N5O2. The summed E-state index contributed by atoms with van der Waals surface area (Å²) >= 11 is 0. The van der Waals surface area contributed by atoms with Gasteiger partial charge in [0.15, 0.2) is 12.4 Å². The van der Waals surface area contributed by atoms with Crippen molar-refractivity contribution >= 4 is 5.91 Å². The molecule has 7 nitrogen and oxygen atoms in total. The molecule has 1 aliphatic rings. The molecule has 1 unspecified atom stereocenters. The van der Waals surface area contributed by atoms with E-state index in [0.717, 1.165) is 43.1 Å². The molecular weight excluding hydrogens is 366 g/mol. The van der Waals surface area contributed by atoms with E-state index in [2.05, 4.69) is 21.9 Å². The first-order valence-electron chi connectivity index (χ1n) is 10.1. The largest absolute Gasteiger partial charge is 0.484 e. The second-order valence-corrected chi connectivity index (χ2v) is 7.11. The Balaban J connectivity index is 1.48. The summed E-state index contributed by atoms with van der Waals surface area (Å²) in [7, 11) is 0. The van der Waals surface area contributed by atoms with Crippen molar-refractivity contribution in [2.75, 3.05) is 19.7 Å². The van der Waals surface area contributed by atoms with Crippen molar-refractivity contribution < 1.29 is 9.53 Å². The Labute approximate surface area is 170 Å².